The van der Waals surface area contributed by atoms with E-state index in [0.717, 1.165) is 37.7 Å². The molecule has 0 spiro atoms. The molecule has 61 heavy (non-hydrogen) atoms. The fourth-order valence-electron chi connectivity index (χ4n) is 13.3. The molecule has 4 fully saturated rings. The number of hydrogen-bond acceptors (Lipinski definition) is 13. The fourth-order valence-corrected chi connectivity index (χ4v) is 13.3. The van der Waals surface area contributed by atoms with Gasteiger partial charge in [-0.2, -0.15) is 0 Å². The third kappa shape index (κ3) is 8.05. The van der Waals surface area contributed by atoms with Crippen LogP contribution in [0.1, 0.15) is 133 Å². The first kappa shape index (κ1) is 48.7. The van der Waals surface area contributed by atoms with Gasteiger partial charge < -0.3 is 65.1 Å². The molecule has 350 valence electrons. The first-order valence-electron chi connectivity index (χ1n) is 22.7. The van der Waals surface area contributed by atoms with Gasteiger partial charge >= 0.3 is 5.97 Å². The summed E-state index contributed by atoms with van der Waals surface area (Å²) in [5, 5.41) is 89.2. The maximum atomic E-state index is 13.9. The molecule has 4 aliphatic carbocycles. The van der Waals surface area contributed by atoms with Gasteiger partial charge in [0.25, 0.3) is 0 Å². The highest BCUT2D eigenvalue weighted by atomic mass is 16.8. The van der Waals surface area contributed by atoms with E-state index >= 15 is 0 Å². The number of carboxylic acids is 1. The van der Waals surface area contributed by atoms with Crippen molar-refractivity contribution in [1.82, 2.24) is 5.32 Å². The molecule has 15 nitrogen and oxygen atoms in total. The molecule has 1 amide bonds. The second-order valence-electron chi connectivity index (χ2n) is 22.0. The third-order valence-corrected chi connectivity index (χ3v) is 17.6. The van der Waals surface area contributed by atoms with Crippen molar-refractivity contribution >= 4 is 11.9 Å². The van der Waals surface area contributed by atoms with E-state index in [1.807, 2.05) is 6.92 Å². The lowest BCUT2D eigenvalue weighted by molar-refractivity contribution is -0.367. The molecule has 15 heteroatoms. The quantitative estimate of drug-likeness (QED) is 0.128. The predicted octanol–water partition coefficient (Wildman–Crippen LogP) is 3.17. The maximum absolute atomic E-state index is 13.9. The van der Waals surface area contributed by atoms with Crippen LogP contribution >= 0.6 is 0 Å². The summed E-state index contributed by atoms with van der Waals surface area (Å²) in [6.07, 6.45) is -6.71. The van der Waals surface area contributed by atoms with Crippen LogP contribution in [0.3, 0.4) is 0 Å². The second-order valence-corrected chi connectivity index (χ2v) is 22.0. The summed E-state index contributed by atoms with van der Waals surface area (Å²) in [6, 6.07) is -1.33. The zero-order chi connectivity index (χ0) is 45.4. The number of aliphatic carboxylic acids is 1. The third-order valence-electron chi connectivity index (χ3n) is 17.6. The van der Waals surface area contributed by atoms with Crippen LogP contribution in [-0.2, 0) is 28.5 Å². The Kier molecular flexibility index (Phi) is 13.8. The average molecular weight is 868 g/mol. The van der Waals surface area contributed by atoms with E-state index in [-0.39, 0.29) is 28.6 Å². The SMILES string of the molecule is CC(=O)N[C@H]1[C@H](O[C@H]2[C@H](O[C@H]3CC[C@]4(C)C5=C(CC[C@@H]4C3(C)C)[C@@]3(C(=O)O)CC[C@H]([C@H](C)CC[C@@](C)(O)C(C)(C)C)[C@@]3(C)CC5)O[C@H](CO)[C@H](O)[C@@H]2O)O[C@H](CO)[C@@H](O)[C@@H]1O. The molecule has 9 N–H and O–H groups in total. The summed E-state index contributed by atoms with van der Waals surface area (Å²) in [6.45, 7) is 19.0. The number of rotatable bonds is 12. The van der Waals surface area contributed by atoms with E-state index in [1.54, 1.807) is 0 Å². The Labute approximate surface area is 361 Å². The number of aliphatic hydroxyl groups is 7. The molecule has 0 radical (unpaired) electrons. The highest BCUT2D eigenvalue weighted by Gasteiger charge is 2.69. The van der Waals surface area contributed by atoms with E-state index in [1.165, 1.54) is 12.5 Å². The van der Waals surface area contributed by atoms with E-state index in [2.05, 4.69) is 60.7 Å². The molecule has 2 heterocycles. The molecular formula is C46H77NO14. The van der Waals surface area contributed by atoms with Gasteiger partial charge in [0.2, 0.25) is 5.91 Å². The average Bonchev–Trinajstić information content (AvgIpc) is 3.50. The van der Waals surface area contributed by atoms with Crippen LogP contribution < -0.4 is 5.32 Å². The van der Waals surface area contributed by atoms with Crippen LogP contribution in [0.4, 0.5) is 0 Å². The molecule has 0 bridgehead atoms. The summed E-state index contributed by atoms with van der Waals surface area (Å²) in [7, 11) is 0. The maximum Gasteiger partial charge on any atom is 0.314 e. The first-order valence-corrected chi connectivity index (χ1v) is 22.7. The van der Waals surface area contributed by atoms with Gasteiger partial charge in [0.05, 0.1) is 30.3 Å². The van der Waals surface area contributed by atoms with Crippen LogP contribution in [0, 0.1) is 44.8 Å². The molecule has 18 atom stereocenters. The largest absolute Gasteiger partial charge is 0.481 e. The Bertz CT molecular complexity index is 1650. The number of nitrogens with one attached hydrogen (secondary N) is 1. The van der Waals surface area contributed by atoms with Crippen molar-refractivity contribution in [2.75, 3.05) is 13.2 Å². The normalized spacial score (nSPS) is 45.2. The number of ether oxygens (including phenoxy) is 4. The van der Waals surface area contributed by atoms with E-state index < -0.39 is 114 Å². The molecule has 6 rings (SSSR count). The molecule has 2 aliphatic heterocycles. The number of fused-ring (bicyclic) bond motifs is 4. The van der Waals surface area contributed by atoms with Crippen LogP contribution in [0.2, 0.25) is 0 Å². The molecular weight excluding hydrogens is 790 g/mol. The number of amides is 1. The molecule has 0 aromatic carbocycles. The van der Waals surface area contributed by atoms with Crippen molar-refractivity contribution in [2.45, 2.75) is 207 Å². The molecule has 0 aromatic rings. The summed E-state index contributed by atoms with van der Waals surface area (Å²) >= 11 is 0. The van der Waals surface area contributed by atoms with Gasteiger partial charge in [-0.05, 0) is 111 Å². The van der Waals surface area contributed by atoms with Crippen molar-refractivity contribution in [1.29, 1.82) is 0 Å². The second kappa shape index (κ2) is 17.2. The fraction of sp³-hybridized carbons (Fsp3) is 0.913. The highest BCUT2D eigenvalue weighted by Crippen LogP contribution is 2.73. The predicted molar refractivity (Wildman–Crippen MR) is 222 cm³/mol. The van der Waals surface area contributed by atoms with Crippen LogP contribution in [0.15, 0.2) is 11.1 Å². The number of carbonyl (C=O) groups excluding carboxylic acids is 1. The van der Waals surface area contributed by atoms with Crippen LogP contribution in [0.25, 0.3) is 0 Å². The lowest BCUT2D eigenvalue weighted by Gasteiger charge is -2.62. The number of aliphatic hydroxyl groups excluding tert-OH is 6. The zero-order valence-corrected chi connectivity index (χ0v) is 38.1. The van der Waals surface area contributed by atoms with Gasteiger partial charge in [0.15, 0.2) is 12.6 Å². The lowest BCUT2D eigenvalue weighted by atomic mass is 9.43. The monoisotopic (exact) mass is 868 g/mol. The van der Waals surface area contributed by atoms with Crippen molar-refractivity contribution < 1.29 is 69.4 Å². The summed E-state index contributed by atoms with van der Waals surface area (Å²) < 4.78 is 24.9. The zero-order valence-electron chi connectivity index (χ0n) is 38.1. The minimum Gasteiger partial charge on any atom is -0.481 e. The molecule has 6 aliphatic rings. The Morgan fingerprint density at radius 3 is 2.00 bits per heavy atom. The lowest BCUT2D eigenvalue weighted by Crippen LogP contribution is -2.68. The van der Waals surface area contributed by atoms with Crippen molar-refractivity contribution in [3.8, 4) is 0 Å². The summed E-state index contributed by atoms with van der Waals surface area (Å²) in [4.78, 5) is 26.0. The molecule has 0 aromatic heterocycles. The summed E-state index contributed by atoms with van der Waals surface area (Å²) in [5.74, 6) is -0.773. The minimum absolute atomic E-state index is 0.0725. The smallest absolute Gasteiger partial charge is 0.314 e. The standard InChI is InChI=1S/C46H77NO14/c1-23(13-19-45(10,57)41(3,4)5)25-15-20-46(40(55)56)27-11-12-30-42(6,7)31(16-17-43(30,8)26(27)14-18-44(25,46)9)60-39-37(36(54)34(52)29(22-49)59-39)61-38-32(47-24(2)50)35(53)33(51)28(21-48)58-38/h23,25,28-39,48-49,51-54,57H,11-22H2,1-10H3,(H,47,50)(H,55,56)/t23-,25-,28-,29-,30-,31+,32-,33-,34+,35-,36+,37-,38+,39+,43-,44-,45-,46-/m1/s1. The first-order chi connectivity index (χ1) is 28.2. The van der Waals surface area contributed by atoms with Crippen LogP contribution in [-0.4, -0.2) is 139 Å². The van der Waals surface area contributed by atoms with Gasteiger partial charge in [-0.1, -0.05) is 66.5 Å². The minimum atomic E-state index is -1.68. The van der Waals surface area contributed by atoms with Gasteiger partial charge in [-0.3, -0.25) is 9.59 Å². The summed E-state index contributed by atoms with van der Waals surface area (Å²) in [5.41, 5.74) is -0.980. The van der Waals surface area contributed by atoms with E-state index in [0.29, 0.717) is 32.1 Å². The Morgan fingerprint density at radius 1 is 0.820 bits per heavy atom. The Morgan fingerprint density at radius 2 is 1.43 bits per heavy atom. The molecule has 2 saturated carbocycles. The topological polar surface area (TPSA) is 245 Å². The van der Waals surface area contributed by atoms with Crippen molar-refractivity contribution in [2.24, 2.45) is 44.8 Å². The Hall–Kier alpha value is -1.76. The molecule has 2 saturated heterocycles. The number of hydrogen-bond donors (Lipinski definition) is 9. The van der Waals surface area contributed by atoms with Gasteiger partial charge in [-0.15, -0.1) is 0 Å². The number of carbonyl (C=O) groups is 2. The van der Waals surface area contributed by atoms with Crippen LogP contribution in [0.5, 0.6) is 0 Å². The van der Waals surface area contributed by atoms with E-state index in [9.17, 15) is 50.4 Å². The number of carboxylic acid groups (broad SMARTS) is 1. The van der Waals surface area contributed by atoms with Crippen molar-refractivity contribution in [3.63, 3.8) is 0 Å². The van der Waals surface area contributed by atoms with Gasteiger partial charge in [0.1, 0.15) is 48.8 Å². The van der Waals surface area contributed by atoms with Gasteiger partial charge in [0, 0.05) is 6.92 Å². The highest BCUT2D eigenvalue weighted by molar-refractivity contribution is 5.82. The van der Waals surface area contributed by atoms with Crippen molar-refractivity contribution in [3.05, 3.63) is 11.1 Å². The molecule has 0 unspecified atom stereocenters. The van der Waals surface area contributed by atoms with E-state index in [4.69, 9.17) is 18.9 Å². The Balaban J connectivity index is 1.26. The number of allylic oxidation sites excluding steroid dienone is 1. The van der Waals surface area contributed by atoms with Gasteiger partial charge in [-0.25, -0.2) is 0 Å².